The Labute approximate surface area is 160 Å². The first-order valence-corrected chi connectivity index (χ1v) is 10.6. The van der Waals surface area contributed by atoms with Crippen LogP contribution in [0.15, 0.2) is 64.2 Å². The van der Waals surface area contributed by atoms with E-state index in [0.717, 1.165) is 29.0 Å². The summed E-state index contributed by atoms with van der Waals surface area (Å²) in [6.07, 6.45) is 0.765. The van der Waals surface area contributed by atoms with E-state index in [2.05, 4.69) is 4.72 Å². The van der Waals surface area contributed by atoms with Crippen LogP contribution >= 0.6 is 11.3 Å². The van der Waals surface area contributed by atoms with Crippen LogP contribution in [0, 0.1) is 0 Å². The highest BCUT2D eigenvalue weighted by atomic mass is 32.2. The third-order valence-corrected chi connectivity index (χ3v) is 7.15. The zero-order chi connectivity index (χ0) is 19.0. The number of benzene rings is 2. The first-order valence-electron chi connectivity index (χ1n) is 8.25. The van der Waals surface area contributed by atoms with Crippen molar-refractivity contribution in [2.45, 2.75) is 10.6 Å². The Kier molecular flexibility index (Phi) is 4.37. The molecule has 2 heterocycles. The van der Waals surface area contributed by atoms with Gasteiger partial charge in [0.15, 0.2) is 0 Å². The molecule has 0 atom stereocenters. The monoisotopic (exact) mass is 400 g/mol. The van der Waals surface area contributed by atoms with Crippen LogP contribution in [-0.2, 0) is 16.4 Å². The molecule has 0 radical (unpaired) electrons. The molecule has 1 amide bonds. The van der Waals surface area contributed by atoms with Gasteiger partial charge in [0, 0.05) is 18.3 Å². The summed E-state index contributed by atoms with van der Waals surface area (Å²) in [6, 6.07) is 14.9. The predicted molar refractivity (Wildman–Crippen MR) is 105 cm³/mol. The fourth-order valence-corrected chi connectivity index (χ4v) is 5.13. The summed E-state index contributed by atoms with van der Waals surface area (Å²) < 4.78 is 27.2. The predicted octanol–water partition coefficient (Wildman–Crippen LogP) is 3.46. The van der Waals surface area contributed by atoms with Gasteiger partial charge >= 0.3 is 0 Å². The fourth-order valence-electron chi connectivity index (χ4n) is 3.09. The van der Waals surface area contributed by atoms with Crippen LogP contribution in [-0.4, -0.2) is 26.0 Å². The Hall–Kier alpha value is -2.84. The summed E-state index contributed by atoms with van der Waals surface area (Å²) in [7, 11) is -3.71. The molecule has 1 aromatic heterocycles. The number of anilines is 2. The number of carbonyl (C=O) groups excluding carboxylic acids is 1. The highest BCUT2D eigenvalue weighted by Gasteiger charge is 2.27. The molecule has 3 aromatic rings. The summed E-state index contributed by atoms with van der Waals surface area (Å²) in [4.78, 5) is 14.5. The first kappa shape index (κ1) is 17.6. The second-order valence-corrected chi connectivity index (χ2v) is 8.96. The second-order valence-electron chi connectivity index (χ2n) is 6.11. The lowest BCUT2D eigenvalue weighted by molar-refractivity contribution is 0.0987. The average Bonchev–Trinajstić information content (AvgIpc) is 3.31. The standard InChI is InChI=1S/C19H16N2O4S2/c22-17-12-14(20-27(24,25)18-6-3-11-26-18)7-8-15(17)19(23)21-10-9-13-4-1-2-5-16(13)21/h1-8,11-12,20,22H,9-10H2. The maximum atomic E-state index is 12.8. The molecule has 4 rings (SSSR count). The van der Waals surface area contributed by atoms with Crippen LogP contribution in [0.5, 0.6) is 5.75 Å². The van der Waals surface area contributed by atoms with Crippen molar-refractivity contribution in [1.82, 2.24) is 0 Å². The van der Waals surface area contributed by atoms with Crippen molar-refractivity contribution in [3.8, 4) is 5.75 Å². The molecule has 0 spiro atoms. The molecule has 6 nitrogen and oxygen atoms in total. The van der Waals surface area contributed by atoms with E-state index in [9.17, 15) is 18.3 Å². The highest BCUT2D eigenvalue weighted by molar-refractivity contribution is 7.94. The smallest absolute Gasteiger partial charge is 0.271 e. The Morgan fingerprint density at radius 3 is 2.67 bits per heavy atom. The van der Waals surface area contributed by atoms with E-state index >= 15 is 0 Å². The van der Waals surface area contributed by atoms with Gasteiger partial charge in [-0.3, -0.25) is 9.52 Å². The minimum atomic E-state index is -3.71. The summed E-state index contributed by atoms with van der Waals surface area (Å²) in [6.45, 7) is 0.546. The van der Waals surface area contributed by atoms with Gasteiger partial charge in [0.2, 0.25) is 0 Å². The van der Waals surface area contributed by atoms with E-state index < -0.39 is 10.0 Å². The number of phenolic OH excluding ortho intramolecular Hbond substituents is 1. The van der Waals surface area contributed by atoms with Gasteiger partial charge in [-0.1, -0.05) is 24.3 Å². The van der Waals surface area contributed by atoms with E-state index in [4.69, 9.17) is 0 Å². The van der Waals surface area contributed by atoms with Gasteiger partial charge in [-0.15, -0.1) is 11.3 Å². The van der Waals surface area contributed by atoms with Crippen molar-refractivity contribution in [1.29, 1.82) is 0 Å². The maximum Gasteiger partial charge on any atom is 0.271 e. The van der Waals surface area contributed by atoms with Crippen LogP contribution in [0.4, 0.5) is 11.4 Å². The lowest BCUT2D eigenvalue weighted by Gasteiger charge is -2.18. The van der Waals surface area contributed by atoms with Crippen molar-refractivity contribution >= 4 is 38.6 Å². The molecule has 138 valence electrons. The number of hydrogen-bond acceptors (Lipinski definition) is 5. The zero-order valence-corrected chi connectivity index (χ0v) is 15.8. The third kappa shape index (κ3) is 3.29. The number of aromatic hydroxyl groups is 1. The highest BCUT2D eigenvalue weighted by Crippen LogP contribution is 2.32. The third-order valence-electron chi connectivity index (χ3n) is 4.37. The van der Waals surface area contributed by atoms with Gasteiger partial charge in [0.05, 0.1) is 11.3 Å². The summed E-state index contributed by atoms with van der Waals surface area (Å²) >= 11 is 1.10. The van der Waals surface area contributed by atoms with Gasteiger partial charge in [0.25, 0.3) is 15.9 Å². The van der Waals surface area contributed by atoms with Crippen molar-refractivity contribution < 1.29 is 18.3 Å². The number of nitrogens with zero attached hydrogens (tertiary/aromatic N) is 1. The Bertz CT molecular complexity index is 1110. The Morgan fingerprint density at radius 2 is 1.93 bits per heavy atom. The van der Waals surface area contributed by atoms with Crippen molar-refractivity contribution in [2.24, 2.45) is 0 Å². The molecule has 27 heavy (non-hydrogen) atoms. The van der Waals surface area contributed by atoms with E-state index in [-0.39, 0.29) is 27.1 Å². The molecule has 1 aliphatic rings. The SMILES string of the molecule is O=C(c1ccc(NS(=O)(=O)c2cccs2)cc1O)N1CCc2ccccc21. The molecule has 0 saturated heterocycles. The van der Waals surface area contributed by atoms with Crippen LogP contribution in [0.25, 0.3) is 0 Å². The number of carbonyl (C=O) groups is 1. The number of sulfonamides is 1. The van der Waals surface area contributed by atoms with Gasteiger partial charge < -0.3 is 10.0 Å². The summed E-state index contributed by atoms with van der Waals surface area (Å²) in [5.74, 6) is -0.583. The van der Waals surface area contributed by atoms with E-state index in [0.29, 0.717) is 6.54 Å². The van der Waals surface area contributed by atoms with Crippen LogP contribution < -0.4 is 9.62 Å². The number of fused-ring (bicyclic) bond motifs is 1. The fraction of sp³-hybridized carbons (Fsp3) is 0.105. The van der Waals surface area contributed by atoms with Gasteiger partial charge in [-0.05, 0) is 41.6 Å². The molecule has 2 N–H and O–H groups in total. The van der Waals surface area contributed by atoms with Gasteiger partial charge in [-0.2, -0.15) is 0 Å². The number of para-hydroxylation sites is 1. The Morgan fingerprint density at radius 1 is 1.11 bits per heavy atom. The molecule has 1 aliphatic heterocycles. The minimum absolute atomic E-state index is 0.130. The molecule has 8 heteroatoms. The molecular weight excluding hydrogens is 384 g/mol. The molecular formula is C19H16N2O4S2. The zero-order valence-electron chi connectivity index (χ0n) is 14.1. The topological polar surface area (TPSA) is 86.7 Å². The van der Waals surface area contributed by atoms with E-state index in [1.54, 1.807) is 16.3 Å². The number of nitrogens with one attached hydrogen (secondary N) is 1. The van der Waals surface area contributed by atoms with Crippen molar-refractivity contribution in [3.63, 3.8) is 0 Å². The van der Waals surface area contributed by atoms with Crippen LogP contribution in [0.2, 0.25) is 0 Å². The molecule has 0 aliphatic carbocycles. The van der Waals surface area contributed by atoms with Crippen LogP contribution in [0.3, 0.4) is 0 Å². The Balaban J connectivity index is 1.59. The number of amides is 1. The second kappa shape index (κ2) is 6.71. The lowest BCUT2D eigenvalue weighted by Crippen LogP contribution is -2.28. The summed E-state index contributed by atoms with van der Waals surface area (Å²) in [5.41, 5.74) is 2.25. The van der Waals surface area contributed by atoms with Crippen LogP contribution in [0.1, 0.15) is 15.9 Å². The van der Waals surface area contributed by atoms with Gasteiger partial charge in [-0.25, -0.2) is 8.42 Å². The summed E-state index contributed by atoms with van der Waals surface area (Å²) in [5, 5.41) is 12.0. The minimum Gasteiger partial charge on any atom is -0.507 e. The lowest BCUT2D eigenvalue weighted by atomic mass is 10.1. The molecule has 0 bridgehead atoms. The average molecular weight is 400 g/mol. The molecule has 0 unspecified atom stereocenters. The quantitative estimate of drug-likeness (QED) is 0.702. The van der Waals surface area contributed by atoms with Gasteiger partial charge in [0.1, 0.15) is 9.96 Å². The number of phenols is 1. The van der Waals surface area contributed by atoms with E-state index in [1.807, 2.05) is 24.3 Å². The molecule has 0 fully saturated rings. The maximum absolute atomic E-state index is 12.8. The number of rotatable bonds is 4. The largest absolute Gasteiger partial charge is 0.507 e. The molecule has 2 aromatic carbocycles. The normalized spacial score (nSPS) is 13.4. The molecule has 0 saturated carbocycles. The van der Waals surface area contributed by atoms with E-state index in [1.165, 1.54) is 24.3 Å². The number of hydrogen-bond donors (Lipinski definition) is 2. The van der Waals surface area contributed by atoms with Crippen molar-refractivity contribution in [3.05, 3.63) is 71.1 Å². The number of thiophene rings is 1. The first-order chi connectivity index (χ1) is 13.0. The van der Waals surface area contributed by atoms with Crippen molar-refractivity contribution in [2.75, 3.05) is 16.2 Å².